The Morgan fingerprint density at radius 1 is 1.30 bits per heavy atom. The largest absolute Gasteiger partial charge is 0.381 e. The molecule has 2 aromatic rings. The van der Waals surface area contributed by atoms with Crippen LogP contribution in [0.25, 0.3) is 0 Å². The molecule has 1 aliphatic rings. The van der Waals surface area contributed by atoms with Gasteiger partial charge in [-0.1, -0.05) is 16.8 Å². The molecule has 2 heterocycles. The van der Waals surface area contributed by atoms with Gasteiger partial charge in [0.1, 0.15) is 12.2 Å². The van der Waals surface area contributed by atoms with Gasteiger partial charge in [0, 0.05) is 23.8 Å². The summed E-state index contributed by atoms with van der Waals surface area (Å²) >= 11 is 5.82. The fraction of sp³-hybridized carbons (Fsp3) is 0.438. The summed E-state index contributed by atoms with van der Waals surface area (Å²) in [6.45, 7) is 2.03. The molecule has 0 atom stereocenters. The van der Waals surface area contributed by atoms with Gasteiger partial charge < -0.3 is 9.47 Å². The van der Waals surface area contributed by atoms with Gasteiger partial charge in [-0.15, -0.1) is 5.10 Å². The molecule has 1 aliphatic heterocycles. The van der Waals surface area contributed by atoms with Crippen molar-refractivity contribution in [2.24, 2.45) is 0 Å². The molecule has 0 spiro atoms. The smallest absolute Gasteiger partial charge is 0.184 e. The fourth-order valence-corrected chi connectivity index (χ4v) is 2.53. The van der Waals surface area contributed by atoms with Crippen LogP contribution in [0.4, 0.5) is 0 Å². The van der Waals surface area contributed by atoms with E-state index in [4.69, 9.17) is 21.1 Å². The lowest BCUT2D eigenvalue weighted by atomic mass is 10.1. The molecule has 6 nitrogen and oxygen atoms in total. The number of carbonyl (C=O) groups excluding carboxylic acids is 1. The number of nitrogens with zero attached hydrogens (tertiary/aromatic N) is 3. The Hall–Kier alpha value is -1.76. The summed E-state index contributed by atoms with van der Waals surface area (Å²) in [4.78, 5) is 12.2. The van der Waals surface area contributed by atoms with Crippen molar-refractivity contribution in [1.82, 2.24) is 15.0 Å². The molecule has 0 N–H and O–H groups in total. The van der Waals surface area contributed by atoms with Crippen LogP contribution < -0.4 is 0 Å². The van der Waals surface area contributed by atoms with Crippen LogP contribution in [-0.2, 0) is 22.6 Å². The highest BCUT2D eigenvalue weighted by molar-refractivity contribution is 6.30. The van der Waals surface area contributed by atoms with Crippen molar-refractivity contribution in [3.05, 3.63) is 46.7 Å². The maximum absolute atomic E-state index is 12.2. The van der Waals surface area contributed by atoms with Gasteiger partial charge in [0.05, 0.1) is 18.9 Å². The Morgan fingerprint density at radius 3 is 2.78 bits per heavy atom. The van der Waals surface area contributed by atoms with E-state index in [1.54, 1.807) is 30.5 Å². The second-order valence-electron chi connectivity index (χ2n) is 5.46. The van der Waals surface area contributed by atoms with Crippen molar-refractivity contribution in [3.63, 3.8) is 0 Å². The summed E-state index contributed by atoms with van der Waals surface area (Å²) in [7, 11) is 0. The third kappa shape index (κ3) is 4.60. The van der Waals surface area contributed by atoms with Gasteiger partial charge in [-0.3, -0.25) is 4.79 Å². The van der Waals surface area contributed by atoms with Crippen LogP contribution in [0.1, 0.15) is 28.9 Å². The van der Waals surface area contributed by atoms with Gasteiger partial charge in [-0.25, -0.2) is 4.68 Å². The van der Waals surface area contributed by atoms with E-state index in [1.807, 2.05) is 0 Å². The molecule has 1 saturated heterocycles. The molecule has 1 fully saturated rings. The van der Waals surface area contributed by atoms with Crippen LogP contribution >= 0.6 is 11.6 Å². The molecular formula is C16H18ClN3O3. The van der Waals surface area contributed by atoms with Crippen molar-refractivity contribution < 1.29 is 14.3 Å². The molecule has 23 heavy (non-hydrogen) atoms. The highest BCUT2D eigenvalue weighted by Crippen LogP contribution is 2.13. The number of halogens is 1. The van der Waals surface area contributed by atoms with Crippen molar-refractivity contribution in [2.45, 2.75) is 32.1 Å². The molecule has 0 saturated carbocycles. The summed E-state index contributed by atoms with van der Waals surface area (Å²) < 4.78 is 12.6. The molecule has 0 amide bonds. The molecule has 7 heteroatoms. The minimum Gasteiger partial charge on any atom is -0.381 e. The molecule has 0 radical (unpaired) electrons. The summed E-state index contributed by atoms with van der Waals surface area (Å²) in [5.74, 6) is -0.0385. The monoisotopic (exact) mass is 335 g/mol. The predicted molar refractivity (Wildman–Crippen MR) is 84.4 cm³/mol. The van der Waals surface area contributed by atoms with E-state index in [-0.39, 0.29) is 18.4 Å². The molecule has 0 aliphatic carbocycles. The van der Waals surface area contributed by atoms with Crippen LogP contribution in [0.15, 0.2) is 30.5 Å². The molecule has 0 unspecified atom stereocenters. The number of hydrogen-bond donors (Lipinski definition) is 0. The predicted octanol–water partition coefficient (Wildman–Crippen LogP) is 2.51. The maximum atomic E-state index is 12.2. The van der Waals surface area contributed by atoms with Crippen molar-refractivity contribution >= 4 is 17.4 Å². The van der Waals surface area contributed by atoms with E-state index in [0.29, 0.717) is 17.2 Å². The zero-order valence-corrected chi connectivity index (χ0v) is 13.4. The van der Waals surface area contributed by atoms with E-state index < -0.39 is 0 Å². The van der Waals surface area contributed by atoms with Gasteiger partial charge in [0.2, 0.25) is 0 Å². The third-order valence-electron chi connectivity index (χ3n) is 3.69. The normalized spacial score (nSPS) is 15.7. The zero-order chi connectivity index (χ0) is 16.1. The summed E-state index contributed by atoms with van der Waals surface area (Å²) in [6.07, 6.45) is 3.77. The standard InChI is InChI=1S/C16H18ClN3O3/c17-13-3-1-12(2-4-13)16(21)10-20-9-14(18-19-20)11-23-15-5-7-22-8-6-15/h1-4,9,15H,5-8,10-11H2. The van der Waals surface area contributed by atoms with Gasteiger partial charge in [0.15, 0.2) is 5.78 Å². The van der Waals surface area contributed by atoms with E-state index in [1.165, 1.54) is 4.68 Å². The Kier molecular flexibility index (Phi) is 5.38. The SMILES string of the molecule is O=C(Cn1cc(COC2CCOCC2)nn1)c1ccc(Cl)cc1. The van der Waals surface area contributed by atoms with Crippen LogP contribution in [0.5, 0.6) is 0 Å². The first-order chi connectivity index (χ1) is 11.2. The lowest BCUT2D eigenvalue weighted by Gasteiger charge is -2.21. The minimum absolute atomic E-state index is 0.0385. The Labute approximate surface area is 139 Å². The molecule has 0 bridgehead atoms. The molecule has 122 valence electrons. The lowest BCUT2D eigenvalue weighted by Crippen LogP contribution is -2.23. The number of aromatic nitrogens is 3. The summed E-state index contributed by atoms with van der Waals surface area (Å²) in [6, 6.07) is 6.81. The van der Waals surface area contributed by atoms with Crippen molar-refractivity contribution in [1.29, 1.82) is 0 Å². The first-order valence-electron chi connectivity index (χ1n) is 7.58. The summed E-state index contributed by atoms with van der Waals surface area (Å²) in [5.41, 5.74) is 1.32. The van der Waals surface area contributed by atoms with E-state index in [9.17, 15) is 4.79 Å². The molecular weight excluding hydrogens is 318 g/mol. The number of Topliss-reactive ketones (excluding diaryl/α,β-unsaturated/α-hetero) is 1. The number of hydrogen-bond acceptors (Lipinski definition) is 5. The summed E-state index contributed by atoms with van der Waals surface area (Å²) in [5, 5.41) is 8.63. The van der Waals surface area contributed by atoms with Crippen molar-refractivity contribution in [2.75, 3.05) is 13.2 Å². The Morgan fingerprint density at radius 2 is 2.04 bits per heavy atom. The second-order valence-corrected chi connectivity index (χ2v) is 5.90. The first-order valence-corrected chi connectivity index (χ1v) is 7.95. The Bertz CT molecular complexity index is 651. The Balaban J connectivity index is 1.52. The van der Waals surface area contributed by atoms with E-state index in [0.717, 1.165) is 31.7 Å². The average molecular weight is 336 g/mol. The number of benzene rings is 1. The van der Waals surface area contributed by atoms with Gasteiger partial charge in [0.25, 0.3) is 0 Å². The topological polar surface area (TPSA) is 66.2 Å². The number of ether oxygens (including phenoxy) is 2. The first kappa shape index (κ1) is 16.1. The van der Waals surface area contributed by atoms with Crippen LogP contribution in [0.2, 0.25) is 5.02 Å². The number of carbonyl (C=O) groups is 1. The number of ketones is 1. The minimum atomic E-state index is -0.0385. The third-order valence-corrected chi connectivity index (χ3v) is 3.95. The van der Waals surface area contributed by atoms with Crippen molar-refractivity contribution in [3.8, 4) is 0 Å². The van der Waals surface area contributed by atoms with E-state index in [2.05, 4.69) is 10.3 Å². The maximum Gasteiger partial charge on any atom is 0.184 e. The van der Waals surface area contributed by atoms with Crippen LogP contribution in [0, 0.1) is 0 Å². The quantitative estimate of drug-likeness (QED) is 0.759. The molecule has 1 aromatic carbocycles. The fourth-order valence-electron chi connectivity index (χ4n) is 2.40. The highest BCUT2D eigenvalue weighted by Gasteiger charge is 2.15. The van der Waals surface area contributed by atoms with E-state index >= 15 is 0 Å². The lowest BCUT2D eigenvalue weighted by molar-refractivity contribution is -0.0399. The number of rotatable bonds is 6. The average Bonchev–Trinajstić information content (AvgIpc) is 3.02. The van der Waals surface area contributed by atoms with Gasteiger partial charge in [-0.05, 0) is 37.1 Å². The van der Waals surface area contributed by atoms with Gasteiger partial charge >= 0.3 is 0 Å². The van der Waals surface area contributed by atoms with Crippen LogP contribution in [-0.4, -0.2) is 40.1 Å². The highest BCUT2D eigenvalue weighted by atomic mass is 35.5. The van der Waals surface area contributed by atoms with Crippen LogP contribution in [0.3, 0.4) is 0 Å². The second kappa shape index (κ2) is 7.68. The molecule has 3 rings (SSSR count). The van der Waals surface area contributed by atoms with Gasteiger partial charge in [-0.2, -0.15) is 0 Å². The molecule has 1 aromatic heterocycles. The zero-order valence-electron chi connectivity index (χ0n) is 12.7.